The normalized spacial score (nSPS) is 14.4. The van der Waals surface area contributed by atoms with Gasteiger partial charge in [0, 0.05) is 0 Å². The lowest BCUT2D eigenvalue weighted by Crippen LogP contribution is -2.48. The highest BCUT2D eigenvalue weighted by Gasteiger charge is 2.47. The molecule has 7 rings (SSSR count). The van der Waals surface area contributed by atoms with Crippen molar-refractivity contribution in [2.24, 2.45) is 0 Å². The molecule has 0 atom stereocenters. The second kappa shape index (κ2) is 10.9. The van der Waals surface area contributed by atoms with Gasteiger partial charge in [0.05, 0.1) is 0 Å². The Morgan fingerprint density at radius 2 is 0.881 bits per heavy atom. The molecule has 2 aliphatic carbocycles. The molecular formula is C41H38Si. The monoisotopic (exact) mass is 558 g/mol. The molecule has 0 unspecified atom stereocenters. The molecule has 0 fully saturated rings. The first kappa shape index (κ1) is 26.7. The number of fused-ring (bicyclic) bond motifs is 2. The van der Waals surface area contributed by atoms with E-state index in [1.165, 1.54) is 49.7 Å². The quantitative estimate of drug-likeness (QED) is 0.174. The van der Waals surface area contributed by atoms with Gasteiger partial charge in [0.25, 0.3) is 0 Å². The first-order chi connectivity index (χ1) is 20.6. The predicted molar refractivity (Wildman–Crippen MR) is 183 cm³/mol. The lowest BCUT2D eigenvalue weighted by atomic mass is 9.97. The zero-order chi connectivity index (χ0) is 28.7. The molecule has 0 aromatic heterocycles. The Balaban J connectivity index is 1.57. The van der Waals surface area contributed by atoms with Crippen molar-refractivity contribution in [3.8, 4) is 22.3 Å². The molecule has 0 bridgehead atoms. The van der Waals surface area contributed by atoms with Crippen molar-refractivity contribution in [3.05, 3.63) is 161 Å². The van der Waals surface area contributed by atoms with Crippen LogP contribution in [-0.2, 0) is 12.8 Å². The van der Waals surface area contributed by atoms with Gasteiger partial charge in [-0.15, -0.1) is 0 Å². The van der Waals surface area contributed by atoms with E-state index in [-0.39, 0.29) is 0 Å². The third-order valence-corrected chi connectivity index (χ3v) is 14.4. The third kappa shape index (κ3) is 4.18. The second-order valence-corrected chi connectivity index (χ2v) is 15.7. The molecular weight excluding hydrogens is 521 g/mol. The molecule has 1 heteroatoms. The molecule has 0 N–H and O–H groups in total. The van der Waals surface area contributed by atoms with Crippen LogP contribution in [0.4, 0.5) is 0 Å². The highest BCUT2D eigenvalue weighted by molar-refractivity contribution is 7.18. The number of rotatable bonds is 7. The van der Waals surface area contributed by atoms with Crippen molar-refractivity contribution < 1.29 is 0 Å². The van der Waals surface area contributed by atoms with Crippen LogP contribution in [0.2, 0.25) is 6.55 Å². The maximum Gasteiger partial charge on any atom is 0.146 e. The fourth-order valence-corrected chi connectivity index (χ4v) is 13.0. The average Bonchev–Trinajstić information content (AvgIpc) is 3.65. The van der Waals surface area contributed by atoms with Gasteiger partial charge in [-0.3, -0.25) is 0 Å². The molecule has 0 saturated heterocycles. The summed E-state index contributed by atoms with van der Waals surface area (Å²) in [6.45, 7) is 7.42. The summed E-state index contributed by atoms with van der Waals surface area (Å²) < 4.78 is 0. The van der Waals surface area contributed by atoms with Crippen LogP contribution in [0.15, 0.2) is 139 Å². The van der Waals surface area contributed by atoms with E-state index in [0.717, 1.165) is 25.7 Å². The summed E-state index contributed by atoms with van der Waals surface area (Å²) in [5, 5.41) is 4.82. The SMILES string of the molecule is CCC1=C([Si](C)(C2=C(CC)Cc3cccc(-c4ccccc4)c32)c2ccccc2)c2c(cccc2-c2ccccc2)C1. The van der Waals surface area contributed by atoms with Crippen molar-refractivity contribution in [3.63, 3.8) is 0 Å². The molecule has 0 saturated carbocycles. The maximum atomic E-state index is 2.67. The van der Waals surface area contributed by atoms with Gasteiger partial charge in [0.2, 0.25) is 0 Å². The van der Waals surface area contributed by atoms with E-state index in [1.807, 2.05) is 0 Å². The Kier molecular flexibility index (Phi) is 6.92. The third-order valence-electron chi connectivity index (χ3n) is 9.69. The van der Waals surface area contributed by atoms with Gasteiger partial charge in [-0.2, -0.15) is 0 Å². The first-order valence-corrected chi connectivity index (χ1v) is 18.0. The summed E-state index contributed by atoms with van der Waals surface area (Å²) in [7, 11) is -2.50. The van der Waals surface area contributed by atoms with Gasteiger partial charge in [0.1, 0.15) is 8.07 Å². The van der Waals surface area contributed by atoms with Gasteiger partial charge in [0.15, 0.2) is 0 Å². The fraction of sp³-hybridized carbons (Fsp3) is 0.171. The Morgan fingerprint density at radius 3 is 1.29 bits per heavy atom. The largest absolute Gasteiger partial charge is 0.146 e. The summed E-state index contributed by atoms with van der Waals surface area (Å²) in [6.07, 6.45) is 4.27. The molecule has 0 aliphatic heterocycles. The minimum atomic E-state index is -2.50. The zero-order valence-electron chi connectivity index (χ0n) is 25.0. The van der Waals surface area contributed by atoms with Crippen LogP contribution < -0.4 is 5.19 Å². The standard InChI is InChI=1S/C41H38Si/c1-4-29-27-33-21-15-25-36(31-17-9-6-10-18-31)38(33)40(29)42(3,35-23-13-8-14-24-35)41-30(5-2)28-34-22-16-26-37(39(34)41)32-19-11-7-12-20-32/h6-26H,4-5,27-28H2,1-3H3. The van der Waals surface area contributed by atoms with Crippen molar-refractivity contribution in [2.45, 2.75) is 46.1 Å². The lowest BCUT2D eigenvalue weighted by molar-refractivity contribution is 1.03. The molecule has 42 heavy (non-hydrogen) atoms. The van der Waals surface area contributed by atoms with Gasteiger partial charge >= 0.3 is 0 Å². The second-order valence-electron chi connectivity index (χ2n) is 11.9. The fourth-order valence-electron chi connectivity index (χ4n) is 7.79. The summed E-state index contributed by atoms with van der Waals surface area (Å²) in [4.78, 5) is 0. The minimum Gasteiger partial charge on any atom is -0.0654 e. The summed E-state index contributed by atoms with van der Waals surface area (Å²) in [5.41, 5.74) is 14.6. The van der Waals surface area contributed by atoms with Crippen LogP contribution in [-0.4, -0.2) is 8.07 Å². The van der Waals surface area contributed by atoms with E-state index in [1.54, 1.807) is 21.5 Å². The van der Waals surface area contributed by atoms with E-state index < -0.39 is 8.07 Å². The van der Waals surface area contributed by atoms with Crippen molar-refractivity contribution in [2.75, 3.05) is 0 Å². The molecule has 0 nitrogen and oxygen atoms in total. The molecule has 5 aromatic rings. The first-order valence-electron chi connectivity index (χ1n) is 15.5. The van der Waals surface area contributed by atoms with Gasteiger partial charge in [-0.25, -0.2) is 0 Å². The van der Waals surface area contributed by atoms with E-state index >= 15 is 0 Å². The average molecular weight is 559 g/mol. The van der Waals surface area contributed by atoms with E-state index in [0.29, 0.717) is 0 Å². The van der Waals surface area contributed by atoms with E-state index in [4.69, 9.17) is 0 Å². The number of hydrogen-bond donors (Lipinski definition) is 0. The Bertz CT molecular complexity index is 1710. The molecule has 0 heterocycles. The van der Waals surface area contributed by atoms with Crippen molar-refractivity contribution in [1.29, 1.82) is 0 Å². The number of hydrogen-bond acceptors (Lipinski definition) is 0. The van der Waals surface area contributed by atoms with Crippen LogP contribution in [0.5, 0.6) is 0 Å². The Labute approximate surface area is 252 Å². The van der Waals surface area contributed by atoms with Crippen LogP contribution in [0.3, 0.4) is 0 Å². The van der Waals surface area contributed by atoms with Crippen LogP contribution in [0, 0.1) is 0 Å². The zero-order valence-corrected chi connectivity index (χ0v) is 26.0. The number of benzene rings is 5. The highest BCUT2D eigenvalue weighted by atomic mass is 28.3. The van der Waals surface area contributed by atoms with Gasteiger partial charge < -0.3 is 0 Å². The lowest BCUT2D eigenvalue weighted by Gasteiger charge is -2.36. The van der Waals surface area contributed by atoms with Crippen molar-refractivity contribution in [1.82, 2.24) is 0 Å². The number of allylic oxidation sites excluding steroid dienone is 2. The van der Waals surface area contributed by atoms with Gasteiger partial charge in [-0.1, -0.05) is 159 Å². The molecule has 5 aromatic carbocycles. The summed E-state index contributed by atoms with van der Waals surface area (Å²) in [5.74, 6) is 0. The van der Waals surface area contributed by atoms with E-state index in [2.05, 4.69) is 148 Å². The summed E-state index contributed by atoms with van der Waals surface area (Å²) in [6, 6.07) is 47.7. The van der Waals surface area contributed by atoms with E-state index in [9.17, 15) is 0 Å². The minimum absolute atomic E-state index is 1.05. The van der Waals surface area contributed by atoms with Crippen LogP contribution in [0.25, 0.3) is 32.6 Å². The highest BCUT2D eigenvalue weighted by Crippen LogP contribution is 2.53. The Morgan fingerprint density at radius 1 is 0.476 bits per heavy atom. The maximum absolute atomic E-state index is 2.67. The topological polar surface area (TPSA) is 0 Å². The smallest absolute Gasteiger partial charge is 0.0654 e. The van der Waals surface area contributed by atoms with Crippen LogP contribution >= 0.6 is 0 Å². The summed E-state index contributed by atoms with van der Waals surface area (Å²) >= 11 is 0. The predicted octanol–water partition coefficient (Wildman–Crippen LogP) is 10.2. The van der Waals surface area contributed by atoms with Crippen molar-refractivity contribution >= 4 is 23.7 Å². The molecule has 0 radical (unpaired) electrons. The molecule has 206 valence electrons. The molecule has 0 amide bonds. The molecule has 0 spiro atoms. The van der Waals surface area contributed by atoms with Gasteiger partial charge in [-0.05, 0) is 85.8 Å². The van der Waals surface area contributed by atoms with Crippen LogP contribution in [0.1, 0.15) is 48.9 Å². The Hall–Kier alpha value is -4.20. The molecule has 2 aliphatic rings.